The molecule has 0 bridgehead atoms. The van der Waals surface area contributed by atoms with Crippen LogP contribution >= 0.6 is 0 Å². The normalized spacial score (nSPS) is 10.7. The first-order chi connectivity index (χ1) is 14.5. The number of nitro groups is 1. The number of nitro benzene ring substituents is 1. The molecule has 1 N–H and O–H groups in total. The Labute approximate surface area is 171 Å². The van der Waals surface area contributed by atoms with Crippen molar-refractivity contribution >= 4 is 28.1 Å². The van der Waals surface area contributed by atoms with Gasteiger partial charge in [0.05, 0.1) is 17.0 Å². The Morgan fingerprint density at radius 3 is 2.57 bits per heavy atom. The van der Waals surface area contributed by atoms with Gasteiger partial charge in [-0.3, -0.25) is 19.7 Å². The number of nitrogens with one attached hydrogen (secondary N) is 1. The second-order valence-corrected chi connectivity index (χ2v) is 6.78. The summed E-state index contributed by atoms with van der Waals surface area (Å²) in [7, 11) is 0. The summed E-state index contributed by atoms with van der Waals surface area (Å²) in [5.41, 5.74) is 1.21. The minimum Gasteiger partial charge on any atom is -0.322 e. The second-order valence-electron chi connectivity index (χ2n) is 6.78. The molecule has 0 radical (unpaired) electrons. The number of hydrogen-bond acceptors (Lipinski definition) is 4. The lowest BCUT2D eigenvalue weighted by molar-refractivity contribution is -0.384. The summed E-state index contributed by atoms with van der Waals surface area (Å²) in [4.78, 5) is 35.4. The van der Waals surface area contributed by atoms with E-state index >= 15 is 0 Å². The number of rotatable bonds is 5. The van der Waals surface area contributed by atoms with Crippen LogP contribution in [0.15, 0.2) is 89.9 Å². The van der Waals surface area contributed by atoms with E-state index in [0.29, 0.717) is 12.2 Å². The highest BCUT2D eigenvalue weighted by molar-refractivity contribution is 6.04. The highest BCUT2D eigenvalue weighted by atomic mass is 16.6. The van der Waals surface area contributed by atoms with Gasteiger partial charge in [-0.25, -0.2) is 0 Å². The lowest BCUT2D eigenvalue weighted by atomic mass is 10.0. The van der Waals surface area contributed by atoms with Crippen molar-refractivity contribution in [1.82, 2.24) is 4.57 Å². The van der Waals surface area contributed by atoms with Crippen LogP contribution in [0.4, 0.5) is 11.4 Å². The molecule has 0 fully saturated rings. The number of carbonyl (C=O) groups is 1. The van der Waals surface area contributed by atoms with Crippen molar-refractivity contribution in [3.63, 3.8) is 0 Å². The van der Waals surface area contributed by atoms with Crippen molar-refractivity contribution in [2.24, 2.45) is 0 Å². The van der Waals surface area contributed by atoms with Gasteiger partial charge in [-0.15, -0.1) is 0 Å². The molecule has 0 aliphatic rings. The Morgan fingerprint density at radius 2 is 1.73 bits per heavy atom. The SMILES string of the molecule is O=C(Nc1cccc([N+](=O)[O-])c1)c1ccc(=O)n(Cc2cccc3ccccc23)c1. The summed E-state index contributed by atoms with van der Waals surface area (Å²) < 4.78 is 1.48. The Morgan fingerprint density at radius 1 is 0.967 bits per heavy atom. The van der Waals surface area contributed by atoms with Gasteiger partial charge < -0.3 is 9.88 Å². The van der Waals surface area contributed by atoms with E-state index in [-0.39, 0.29) is 16.8 Å². The molecule has 7 nitrogen and oxygen atoms in total. The maximum absolute atomic E-state index is 12.6. The molecule has 4 aromatic rings. The fourth-order valence-corrected chi connectivity index (χ4v) is 3.30. The minimum atomic E-state index is -0.528. The Kier molecular flexibility index (Phi) is 5.09. The van der Waals surface area contributed by atoms with Gasteiger partial charge in [0.25, 0.3) is 17.2 Å². The van der Waals surface area contributed by atoms with Gasteiger partial charge >= 0.3 is 0 Å². The van der Waals surface area contributed by atoms with Gasteiger partial charge in [0.15, 0.2) is 0 Å². The molecule has 0 spiro atoms. The Balaban J connectivity index is 1.61. The monoisotopic (exact) mass is 399 g/mol. The number of aromatic nitrogens is 1. The van der Waals surface area contributed by atoms with Crippen LogP contribution in [-0.4, -0.2) is 15.4 Å². The van der Waals surface area contributed by atoms with Crippen LogP contribution in [0.5, 0.6) is 0 Å². The van der Waals surface area contributed by atoms with E-state index in [1.54, 1.807) is 6.07 Å². The number of anilines is 1. The third kappa shape index (κ3) is 3.95. The van der Waals surface area contributed by atoms with Gasteiger partial charge in [-0.1, -0.05) is 48.5 Å². The van der Waals surface area contributed by atoms with Crippen LogP contribution in [0.25, 0.3) is 10.8 Å². The molecule has 4 rings (SSSR count). The molecule has 148 valence electrons. The molecule has 1 amide bonds. The van der Waals surface area contributed by atoms with E-state index < -0.39 is 10.8 Å². The smallest absolute Gasteiger partial charge is 0.271 e. The zero-order valence-electron chi connectivity index (χ0n) is 15.8. The molecule has 1 aromatic heterocycles. The molecule has 0 saturated heterocycles. The molecule has 30 heavy (non-hydrogen) atoms. The van der Waals surface area contributed by atoms with Crippen molar-refractivity contribution < 1.29 is 9.72 Å². The van der Waals surface area contributed by atoms with Crippen molar-refractivity contribution in [1.29, 1.82) is 0 Å². The molecule has 3 aromatic carbocycles. The van der Waals surface area contributed by atoms with E-state index in [4.69, 9.17) is 0 Å². The van der Waals surface area contributed by atoms with E-state index in [1.807, 2.05) is 42.5 Å². The Bertz CT molecular complexity index is 1320. The molecule has 0 atom stereocenters. The fraction of sp³-hybridized carbons (Fsp3) is 0.0435. The number of nitrogens with zero attached hydrogens (tertiary/aromatic N) is 2. The first-order valence-corrected chi connectivity index (χ1v) is 9.24. The number of non-ortho nitro benzene ring substituents is 1. The van der Waals surface area contributed by atoms with Crippen molar-refractivity contribution in [2.45, 2.75) is 6.54 Å². The van der Waals surface area contributed by atoms with Gasteiger partial charge in [0.2, 0.25) is 0 Å². The molecular weight excluding hydrogens is 382 g/mol. The lowest BCUT2D eigenvalue weighted by Gasteiger charge is -2.11. The van der Waals surface area contributed by atoms with Crippen molar-refractivity contribution in [3.05, 3.63) is 117 Å². The summed E-state index contributed by atoms with van der Waals surface area (Å²) in [6.07, 6.45) is 1.50. The summed E-state index contributed by atoms with van der Waals surface area (Å²) in [5.74, 6) is -0.456. The number of fused-ring (bicyclic) bond motifs is 1. The van der Waals surface area contributed by atoms with E-state index in [0.717, 1.165) is 16.3 Å². The third-order valence-electron chi connectivity index (χ3n) is 4.78. The molecule has 0 unspecified atom stereocenters. The summed E-state index contributed by atoms with van der Waals surface area (Å²) in [6, 6.07) is 22.3. The topological polar surface area (TPSA) is 94.2 Å². The predicted molar refractivity (Wildman–Crippen MR) is 115 cm³/mol. The molecule has 1 heterocycles. The Hall–Kier alpha value is -4.26. The highest BCUT2D eigenvalue weighted by Crippen LogP contribution is 2.20. The number of pyridine rings is 1. The fourth-order valence-electron chi connectivity index (χ4n) is 3.30. The predicted octanol–water partition coefficient (Wildman–Crippen LogP) is 4.21. The summed E-state index contributed by atoms with van der Waals surface area (Å²) in [5, 5.41) is 15.7. The standard InChI is InChI=1S/C23H17N3O4/c27-22-12-11-18(23(28)24-19-8-4-9-20(13-19)26(29)30)15-25(22)14-17-7-3-6-16-5-1-2-10-21(16)17/h1-13,15H,14H2,(H,24,28). The quantitative estimate of drug-likeness (QED) is 0.402. The van der Waals surface area contributed by atoms with Crippen LogP contribution in [0, 0.1) is 10.1 Å². The van der Waals surface area contributed by atoms with Crippen LogP contribution in [0.1, 0.15) is 15.9 Å². The summed E-state index contributed by atoms with van der Waals surface area (Å²) in [6.45, 7) is 0.318. The largest absolute Gasteiger partial charge is 0.322 e. The second kappa shape index (κ2) is 8.00. The van der Waals surface area contributed by atoms with Crippen molar-refractivity contribution in [3.8, 4) is 0 Å². The highest BCUT2D eigenvalue weighted by Gasteiger charge is 2.12. The zero-order chi connectivity index (χ0) is 21.1. The van der Waals surface area contributed by atoms with Crippen LogP contribution in [-0.2, 0) is 6.54 Å². The number of carbonyl (C=O) groups excluding carboxylic acids is 1. The molecule has 7 heteroatoms. The third-order valence-corrected chi connectivity index (χ3v) is 4.78. The van der Waals surface area contributed by atoms with Gasteiger partial charge in [0.1, 0.15) is 0 Å². The number of hydrogen-bond donors (Lipinski definition) is 1. The molecular formula is C23H17N3O4. The number of benzene rings is 3. The van der Waals surface area contributed by atoms with E-state index in [1.165, 1.54) is 41.1 Å². The minimum absolute atomic E-state index is 0.117. The molecule has 0 aliphatic carbocycles. The van der Waals surface area contributed by atoms with E-state index in [9.17, 15) is 19.7 Å². The van der Waals surface area contributed by atoms with Gasteiger partial charge in [-0.2, -0.15) is 0 Å². The lowest BCUT2D eigenvalue weighted by Crippen LogP contribution is -2.22. The van der Waals surface area contributed by atoms with Crippen LogP contribution < -0.4 is 10.9 Å². The van der Waals surface area contributed by atoms with Crippen molar-refractivity contribution in [2.75, 3.05) is 5.32 Å². The number of amides is 1. The zero-order valence-corrected chi connectivity index (χ0v) is 15.8. The molecule has 0 saturated carbocycles. The van der Waals surface area contributed by atoms with Crippen LogP contribution in [0.3, 0.4) is 0 Å². The first-order valence-electron chi connectivity index (χ1n) is 9.24. The molecule has 0 aliphatic heterocycles. The average Bonchev–Trinajstić information content (AvgIpc) is 2.75. The van der Waals surface area contributed by atoms with E-state index in [2.05, 4.69) is 5.32 Å². The maximum Gasteiger partial charge on any atom is 0.271 e. The van der Waals surface area contributed by atoms with Crippen LogP contribution in [0.2, 0.25) is 0 Å². The summed E-state index contributed by atoms with van der Waals surface area (Å²) >= 11 is 0. The van der Waals surface area contributed by atoms with Gasteiger partial charge in [0, 0.05) is 30.1 Å². The first kappa shape index (κ1) is 19.1. The van der Waals surface area contributed by atoms with Gasteiger partial charge in [-0.05, 0) is 28.5 Å². The maximum atomic E-state index is 12.6. The average molecular weight is 399 g/mol.